The van der Waals surface area contributed by atoms with E-state index in [2.05, 4.69) is 0 Å². The lowest BCUT2D eigenvalue weighted by molar-refractivity contribution is -0.385. The monoisotopic (exact) mass is 399 g/mol. The molecule has 0 N–H and O–H groups in total. The third-order valence-corrected chi connectivity index (χ3v) is 3.65. The normalized spacial score (nSPS) is 12.3. The number of methoxy groups -OCH3 is 1. The second-order valence-corrected chi connectivity index (χ2v) is 5.71. The maximum atomic E-state index is 12.6. The van der Waals surface area contributed by atoms with Gasteiger partial charge in [0.25, 0.3) is 5.69 Å². The van der Waals surface area contributed by atoms with Gasteiger partial charge in [-0.15, -0.1) is 0 Å². The fourth-order valence-corrected chi connectivity index (χ4v) is 2.09. The Hall–Kier alpha value is -3.14. The van der Waals surface area contributed by atoms with Crippen molar-refractivity contribution >= 4 is 11.7 Å². The Balaban J connectivity index is 2.24. The topological polar surface area (TPSA) is 87.9 Å². The average molecular weight is 399 g/mol. The summed E-state index contributed by atoms with van der Waals surface area (Å²) < 4.78 is 53.1. The van der Waals surface area contributed by atoms with Crippen molar-refractivity contribution in [3.8, 4) is 11.5 Å². The van der Waals surface area contributed by atoms with Gasteiger partial charge >= 0.3 is 12.1 Å². The Bertz CT molecular complexity index is 851. The zero-order chi connectivity index (χ0) is 20.9. The van der Waals surface area contributed by atoms with E-state index in [9.17, 15) is 28.1 Å². The highest BCUT2D eigenvalue weighted by Crippen LogP contribution is 2.32. The molecule has 1 atom stereocenters. The fraction of sp³-hybridized carbons (Fsp3) is 0.278. The Morgan fingerprint density at radius 1 is 1.14 bits per heavy atom. The van der Waals surface area contributed by atoms with E-state index in [-0.39, 0.29) is 23.7 Å². The number of esters is 1. The van der Waals surface area contributed by atoms with Crippen molar-refractivity contribution in [3.05, 3.63) is 63.7 Å². The summed E-state index contributed by atoms with van der Waals surface area (Å²) in [5.74, 6) is -0.861. The second-order valence-electron chi connectivity index (χ2n) is 5.71. The Labute approximate surface area is 157 Å². The molecule has 0 aliphatic rings. The van der Waals surface area contributed by atoms with E-state index in [1.54, 1.807) is 6.92 Å². The minimum absolute atomic E-state index is 0.0251. The molecule has 2 rings (SSSR count). The lowest BCUT2D eigenvalue weighted by Crippen LogP contribution is -2.18. The number of carbonyl (C=O) groups excluding carboxylic acids is 1. The quantitative estimate of drug-likeness (QED) is 0.384. The minimum Gasteiger partial charge on any atom is -0.459 e. The predicted molar refractivity (Wildman–Crippen MR) is 91.4 cm³/mol. The highest BCUT2D eigenvalue weighted by atomic mass is 19.4. The zero-order valence-corrected chi connectivity index (χ0v) is 14.9. The molecule has 0 aliphatic heterocycles. The Morgan fingerprint density at radius 2 is 1.75 bits per heavy atom. The maximum Gasteiger partial charge on any atom is 0.416 e. The van der Waals surface area contributed by atoms with Crippen molar-refractivity contribution in [3.63, 3.8) is 0 Å². The van der Waals surface area contributed by atoms with Crippen LogP contribution in [-0.4, -0.2) is 30.7 Å². The van der Waals surface area contributed by atoms with Crippen molar-refractivity contribution in [2.45, 2.75) is 19.2 Å². The van der Waals surface area contributed by atoms with Gasteiger partial charge in [-0.2, -0.15) is 13.2 Å². The molecule has 0 aliphatic carbocycles. The van der Waals surface area contributed by atoms with Gasteiger partial charge in [-0.05, 0) is 37.3 Å². The van der Waals surface area contributed by atoms with Crippen LogP contribution in [0.15, 0.2) is 42.5 Å². The number of halogens is 3. The van der Waals surface area contributed by atoms with Gasteiger partial charge in [0.2, 0.25) is 0 Å². The van der Waals surface area contributed by atoms with Crippen LogP contribution in [-0.2, 0) is 15.7 Å². The van der Waals surface area contributed by atoms with E-state index in [4.69, 9.17) is 14.2 Å². The van der Waals surface area contributed by atoms with Crippen LogP contribution in [0.3, 0.4) is 0 Å². The van der Waals surface area contributed by atoms with Crippen molar-refractivity contribution in [2.24, 2.45) is 0 Å². The van der Waals surface area contributed by atoms with Crippen LogP contribution in [0.4, 0.5) is 18.9 Å². The van der Waals surface area contributed by atoms with Crippen LogP contribution in [0.1, 0.15) is 22.8 Å². The highest BCUT2D eigenvalue weighted by Gasteiger charge is 2.30. The summed E-state index contributed by atoms with van der Waals surface area (Å²) in [7, 11) is 1.42. The van der Waals surface area contributed by atoms with Crippen molar-refractivity contribution in [1.82, 2.24) is 0 Å². The van der Waals surface area contributed by atoms with Gasteiger partial charge in [-0.25, -0.2) is 4.79 Å². The number of hydrogen-bond donors (Lipinski definition) is 0. The maximum absolute atomic E-state index is 12.6. The molecule has 2 aromatic carbocycles. The van der Waals surface area contributed by atoms with E-state index in [1.807, 2.05) is 0 Å². The molecule has 1 unspecified atom stereocenters. The molecule has 28 heavy (non-hydrogen) atoms. The number of nitro groups is 1. The largest absolute Gasteiger partial charge is 0.459 e. The molecule has 2 aromatic rings. The summed E-state index contributed by atoms with van der Waals surface area (Å²) in [6, 6.07) is 7.24. The summed E-state index contributed by atoms with van der Waals surface area (Å²) in [5, 5.41) is 11.1. The third kappa shape index (κ3) is 5.43. The molecular weight excluding hydrogens is 383 g/mol. The number of ether oxygens (including phenoxy) is 3. The van der Waals surface area contributed by atoms with Gasteiger partial charge in [-0.3, -0.25) is 10.1 Å². The lowest BCUT2D eigenvalue weighted by atomic mass is 10.1. The smallest absolute Gasteiger partial charge is 0.416 e. The second kappa shape index (κ2) is 8.70. The van der Waals surface area contributed by atoms with E-state index in [1.165, 1.54) is 13.2 Å². The SMILES string of the molecule is COC(C)COC(=O)c1cc(Oc2ccc(C(F)(F)F)cc2)ccc1[N+](=O)[O-]. The predicted octanol–water partition coefficient (Wildman–Crippen LogP) is 4.60. The molecule has 0 saturated heterocycles. The first-order chi connectivity index (χ1) is 13.1. The van der Waals surface area contributed by atoms with E-state index in [0.29, 0.717) is 0 Å². The molecule has 10 heteroatoms. The van der Waals surface area contributed by atoms with Gasteiger partial charge in [0.05, 0.1) is 16.6 Å². The van der Waals surface area contributed by atoms with Crippen LogP contribution in [0.25, 0.3) is 0 Å². The first-order valence-corrected chi connectivity index (χ1v) is 7.95. The Morgan fingerprint density at radius 3 is 2.29 bits per heavy atom. The summed E-state index contributed by atoms with van der Waals surface area (Å²) in [6.45, 7) is 1.53. The van der Waals surface area contributed by atoms with Gasteiger partial charge in [0.15, 0.2) is 0 Å². The number of carbonyl (C=O) groups is 1. The van der Waals surface area contributed by atoms with Gasteiger partial charge in [0.1, 0.15) is 23.7 Å². The number of nitrogens with zero attached hydrogens (tertiary/aromatic N) is 1. The first kappa shape index (κ1) is 21.2. The highest BCUT2D eigenvalue weighted by molar-refractivity contribution is 5.94. The summed E-state index contributed by atoms with van der Waals surface area (Å²) >= 11 is 0. The summed E-state index contributed by atoms with van der Waals surface area (Å²) in [5.41, 5.74) is -1.69. The van der Waals surface area contributed by atoms with E-state index in [0.717, 1.165) is 36.4 Å². The molecule has 0 heterocycles. The molecule has 0 radical (unpaired) electrons. The molecule has 7 nitrogen and oxygen atoms in total. The fourth-order valence-electron chi connectivity index (χ4n) is 2.09. The van der Waals surface area contributed by atoms with Gasteiger partial charge in [0, 0.05) is 19.2 Å². The number of alkyl halides is 3. The third-order valence-electron chi connectivity index (χ3n) is 3.65. The molecular formula is C18H16F3NO6. The van der Waals surface area contributed by atoms with Crippen molar-refractivity contribution < 1.29 is 37.1 Å². The summed E-state index contributed by atoms with van der Waals surface area (Å²) in [4.78, 5) is 22.6. The number of rotatable bonds is 7. The molecule has 0 amide bonds. The minimum atomic E-state index is -4.48. The number of nitro benzene ring substituents is 1. The van der Waals surface area contributed by atoms with Crippen LogP contribution in [0, 0.1) is 10.1 Å². The van der Waals surface area contributed by atoms with Crippen LogP contribution < -0.4 is 4.74 Å². The van der Waals surface area contributed by atoms with E-state index >= 15 is 0 Å². The number of hydrogen-bond acceptors (Lipinski definition) is 6. The zero-order valence-electron chi connectivity index (χ0n) is 14.9. The molecule has 0 spiro atoms. The average Bonchev–Trinajstić information content (AvgIpc) is 2.65. The standard InChI is InChI=1S/C18H16F3NO6/c1-11(26-2)10-27-17(23)15-9-14(7-8-16(15)22(24)25)28-13-5-3-12(4-6-13)18(19,20)21/h3-9,11H,10H2,1-2H3. The van der Waals surface area contributed by atoms with Crippen LogP contribution in [0.5, 0.6) is 11.5 Å². The van der Waals surface area contributed by atoms with E-state index < -0.39 is 34.4 Å². The molecule has 0 fully saturated rings. The number of benzene rings is 2. The first-order valence-electron chi connectivity index (χ1n) is 7.95. The lowest BCUT2D eigenvalue weighted by Gasteiger charge is -2.12. The van der Waals surface area contributed by atoms with Gasteiger partial charge < -0.3 is 14.2 Å². The molecule has 150 valence electrons. The molecule has 0 bridgehead atoms. The summed E-state index contributed by atoms with van der Waals surface area (Å²) in [6.07, 6.45) is -4.89. The molecule has 0 saturated carbocycles. The van der Waals surface area contributed by atoms with Crippen LogP contribution in [0.2, 0.25) is 0 Å². The Kier molecular flexibility index (Phi) is 6.57. The van der Waals surface area contributed by atoms with Crippen molar-refractivity contribution in [1.29, 1.82) is 0 Å². The molecule has 0 aromatic heterocycles. The van der Waals surface area contributed by atoms with Crippen molar-refractivity contribution in [2.75, 3.05) is 13.7 Å². The van der Waals surface area contributed by atoms with Crippen LogP contribution >= 0.6 is 0 Å². The van der Waals surface area contributed by atoms with Gasteiger partial charge in [-0.1, -0.05) is 0 Å².